The number of hydrogen-bond donors (Lipinski definition) is 4. The summed E-state index contributed by atoms with van der Waals surface area (Å²) in [5.41, 5.74) is 2.87. The molecule has 0 unspecified atom stereocenters. The molecule has 1 amide bonds. The summed E-state index contributed by atoms with van der Waals surface area (Å²) in [5.74, 6) is 0.882. The molecule has 0 atom stereocenters. The Bertz CT molecular complexity index is 1280. The van der Waals surface area contributed by atoms with Gasteiger partial charge in [-0.1, -0.05) is 6.58 Å². The molecule has 1 aromatic carbocycles. The third-order valence-corrected chi connectivity index (χ3v) is 5.49. The van der Waals surface area contributed by atoms with Crippen molar-refractivity contribution in [3.05, 3.63) is 60.7 Å². The summed E-state index contributed by atoms with van der Waals surface area (Å²) in [4.78, 5) is 27.7. The van der Waals surface area contributed by atoms with Gasteiger partial charge in [0.1, 0.15) is 17.3 Å². The lowest BCUT2D eigenvalue weighted by atomic mass is 10.1. The molecule has 0 aliphatic heterocycles. The van der Waals surface area contributed by atoms with Crippen LogP contribution in [0, 0.1) is 11.2 Å². The van der Waals surface area contributed by atoms with Gasteiger partial charge in [0, 0.05) is 63.8 Å². The number of carbonyl (C=O) groups is 1. The van der Waals surface area contributed by atoms with E-state index in [1.54, 1.807) is 27.3 Å². The maximum absolute atomic E-state index is 13.8. The lowest BCUT2D eigenvalue weighted by Gasteiger charge is -2.24. The molecule has 0 bridgehead atoms. The molecule has 0 radical (unpaired) electrons. The van der Waals surface area contributed by atoms with Gasteiger partial charge < -0.3 is 35.9 Å². The van der Waals surface area contributed by atoms with Gasteiger partial charge in [-0.2, -0.15) is 0 Å². The summed E-state index contributed by atoms with van der Waals surface area (Å²) in [6.45, 7) is 5.23. The second-order valence-corrected chi connectivity index (χ2v) is 8.50. The summed E-state index contributed by atoms with van der Waals surface area (Å²) in [7, 11) is 11.0. The number of nitrogens with zero attached hydrogens (tertiary/aromatic N) is 5. The molecule has 11 nitrogen and oxygen atoms in total. The highest BCUT2D eigenvalue weighted by Crippen LogP contribution is 2.30. The Kier molecular flexibility index (Phi) is 11.8. The first-order valence-electron chi connectivity index (χ1n) is 12.0. The second kappa shape index (κ2) is 15.0. The summed E-state index contributed by atoms with van der Waals surface area (Å²) < 4.78 is 19.0. The zero-order valence-corrected chi connectivity index (χ0v) is 23.2. The molecule has 0 aliphatic rings. The molecule has 2 aromatic heterocycles. The van der Waals surface area contributed by atoms with Crippen molar-refractivity contribution in [2.45, 2.75) is 0 Å². The molecule has 3 rings (SSSR count). The standard InChI is InChI=1S/C15H23N3O2.C12H13FN6/c1-6-15(19)16-13-8-7-12(20-5)11-14(13)18(4)10-9-17(2)3;1-15-11-7(4-14)3-8(5-17-11)10-9(13)6-18-12(16-2)19-10/h6-8,11H,1,9-10H2,2-5H3,(H,16,19);3-6,14H,1-2H3,(H,15,17)(H,16,18,19). The number of pyridine rings is 1. The van der Waals surface area contributed by atoms with Crippen LogP contribution in [0.15, 0.2) is 49.3 Å². The predicted molar refractivity (Wildman–Crippen MR) is 156 cm³/mol. The Morgan fingerprint density at radius 1 is 1.13 bits per heavy atom. The minimum atomic E-state index is -0.533. The van der Waals surface area contributed by atoms with E-state index in [0.717, 1.165) is 42.6 Å². The van der Waals surface area contributed by atoms with Crippen LogP contribution in [0.25, 0.3) is 11.3 Å². The van der Waals surface area contributed by atoms with Crippen molar-refractivity contribution in [3.63, 3.8) is 0 Å². The second-order valence-electron chi connectivity index (χ2n) is 8.50. The highest BCUT2D eigenvalue weighted by molar-refractivity contribution is 6.01. The Morgan fingerprint density at radius 2 is 1.87 bits per heavy atom. The maximum Gasteiger partial charge on any atom is 0.247 e. The van der Waals surface area contributed by atoms with Gasteiger partial charge >= 0.3 is 0 Å². The van der Waals surface area contributed by atoms with Gasteiger partial charge in [-0.15, -0.1) is 0 Å². The Labute approximate surface area is 228 Å². The van der Waals surface area contributed by atoms with E-state index < -0.39 is 5.82 Å². The summed E-state index contributed by atoms with van der Waals surface area (Å²) in [6.07, 6.45) is 5.02. The maximum atomic E-state index is 13.8. The van der Waals surface area contributed by atoms with Crippen molar-refractivity contribution in [2.75, 3.05) is 76.3 Å². The van der Waals surface area contributed by atoms with E-state index in [1.165, 1.54) is 12.3 Å². The molecular formula is C27H36FN9O2. The average Bonchev–Trinajstić information content (AvgIpc) is 2.96. The number of carbonyl (C=O) groups excluding carboxylic acids is 1. The van der Waals surface area contributed by atoms with Crippen LogP contribution in [0.2, 0.25) is 0 Å². The van der Waals surface area contributed by atoms with Crippen LogP contribution < -0.4 is 25.6 Å². The molecule has 0 saturated carbocycles. The van der Waals surface area contributed by atoms with Crippen molar-refractivity contribution in [1.82, 2.24) is 19.9 Å². The van der Waals surface area contributed by atoms with Gasteiger partial charge in [0.15, 0.2) is 5.82 Å². The molecule has 4 N–H and O–H groups in total. The summed E-state index contributed by atoms with van der Waals surface area (Å²) >= 11 is 0. The number of rotatable bonds is 11. The van der Waals surface area contributed by atoms with Gasteiger partial charge in [0.05, 0.1) is 24.7 Å². The minimum Gasteiger partial charge on any atom is -0.497 e. The lowest BCUT2D eigenvalue weighted by Crippen LogP contribution is -2.29. The fourth-order valence-electron chi connectivity index (χ4n) is 3.33. The highest BCUT2D eigenvalue weighted by Gasteiger charge is 2.12. The van der Waals surface area contributed by atoms with Crippen LogP contribution in [0.5, 0.6) is 5.75 Å². The number of methoxy groups -OCH3 is 1. The van der Waals surface area contributed by atoms with Crippen molar-refractivity contribution < 1.29 is 13.9 Å². The predicted octanol–water partition coefficient (Wildman–Crippen LogP) is 3.58. The van der Waals surface area contributed by atoms with E-state index in [-0.39, 0.29) is 11.6 Å². The van der Waals surface area contributed by atoms with Crippen molar-refractivity contribution in [1.29, 1.82) is 5.41 Å². The zero-order chi connectivity index (χ0) is 28.9. The number of hydrogen-bond acceptors (Lipinski definition) is 10. The normalized spacial score (nSPS) is 10.2. The largest absolute Gasteiger partial charge is 0.497 e. The SMILES string of the molecule is C=CC(=O)Nc1ccc(OC)cc1N(C)CCN(C)C.CNc1ncc(F)c(-c2cnc(NC)c(C=N)c2)n1. The number of anilines is 4. The van der Waals surface area contributed by atoms with E-state index in [0.29, 0.717) is 22.9 Å². The van der Waals surface area contributed by atoms with Crippen LogP contribution in [0.3, 0.4) is 0 Å². The lowest BCUT2D eigenvalue weighted by molar-refractivity contribution is -0.111. The first-order chi connectivity index (χ1) is 18.7. The van der Waals surface area contributed by atoms with E-state index in [1.807, 2.05) is 39.3 Å². The summed E-state index contributed by atoms with van der Waals surface area (Å²) in [5, 5.41) is 15.8. The van der Waals surface area contributed by atoms with Gasteiger partial charge in [-0.05, 0) is 38.4 Å². The first-order valence-corrected chi connectivity index (χ1v) is 12.0. The number of nitrogens with one attached hydrogen (secondary N) is 4. The van der Waals surface area contributed by atoms with Crippen LogP contribution in [-0.4, -0.2) is 87.4 Å². The van der Waals surface area contributed by atoms with Crippen LogP contribution in [0.4, 0.5) is 27.5 Å². The van der Waals surface area contributed by atoms with Gasteiger partial charge in [-0.3, -0.25) is 4.79 Å². The molecule has 12 heteroatoms. The van der Waals surface area contributed by atoms with Crippen LogP contribution in [0.1, 0.15) is 5.56 Å². The third-order valence-electron chi connectivity index (χ3n) is 5.49. The number of ether oxygens (including phenoxy) is 1. The average molecular weight is 538 g/mol. The van der Waals surface area contributed by atoms with Crippen molar-refractivity contribution in [2.24, 2.45) is 0 Å². The highest BCUT2D eigenvalue weighted by atomic mass is 19.1. The smallest absolute Gasteiger partial charge is 0.247 e. The van der Waals surface area contributed by atoms with Crippen molar-refractivity contribution >= 4 is 35.3 Å². The molecule has 0 aliphatic carbocycles. The zero-order valence-electron chi connectivity index (χ0n) is 23.2. The Hall–Kier alpha value is -4.58. The van der Waals surface area contributed by atoms with E-state index >= 15 is 0 Å². The molecule has 0 saturated heterocycles. The van der Waals surface area contributed by atoms with E-state index in [4.69, 9.17) is 10.1 Å². The number of amides is 1. The topological polar surface area (TPSA) is 131 Å². The van der Waals surface area contributed by atoms with E-state index in [9.17, 15) is 9.18 Å². The fraction of sp³-hybridized carbons (Fsp3) is 0.296. The minimum absolute atomic E-state index is 0.151. The molecule has 39 heavy (non-hydrogen) atoms. The fourth-order valence-corrected chi connectivity index (χ4v) is 3.33. The molecule has 0 spiro atoms. The summed E-state index contributed by atoms with van der Waals surface area (Å²) in [6, 6.07) is 7.22. The molecule has 3 aromatic rings. The van der Waals surface area contributed by atoms with Gasteiger partial charge in [-0.25, -0.2) is 19.3 Å². The van der Waals surface area contributed by atoms with E-state index in [2.05, 4.69) is 47.3 Å². The van der Waals surface area contributed by atoms with Gasteiger partial charge in [0.25, 0.3) is 0 Å². The number of benzene rings is 1. The number of aromatic nitrogens is 3. The molecular weight excluding hydrogens is 501 g/mol. The van der Waals surface area contributed by atoms with Crippen LogP contribution >= 0.6 is 0 Å². The monoisotopic (exact) mass is 537 g/mol. The van der Waals surface area contributed by atoms with Crippen molar-refractivity contribution in [3.8, 4) is 17.0 Å². The number of halogens is 1. The molecule has 0 fully saturated rings. The van der Waals surface area contributed by atoms with Crippen LogP contribution in [-0.2, 0) is 4.79 Å². The Balaban J connectivity index is 0.000000274. The Morgan fingerprint density at radius 3 is 2.46 bits per heavy atom. The molecule has 2 heterocycles. The quantitative estimate of drug-likeness (QED) is 0.214. The third kappa shape index (κ3) is 8.75. The molecule has 208 valence electrons. The first kappa shape index (κ1) is 30.6. The van der Waals surface area contributed by atoms with Gasteiger partial charge in [0.2, 0.25) is 11.9 Å². The number of likely N-dealkylation sites (N-methyl/N-ethyl adjacent to an activating group) is 2.